The fourth-order valence-corrected chi connectivity index (χ4v) is 2.62. The molecule has 1 aromatic heterocycles. The minimum Gasteiger partial charge on any atom is -0.212 e. The molecule has 0 fully saturated rings. The summed E-state index contributed by atoms with van der Waals surface area (Å²) in [5.74, 6) is 0.979. The number of hydrogen-bond acceptors (Lipinski definition) is 0. The first-order valence-corrected chi connectivity index (χ1v) is 6.37. The summed E-state index contributed by atoms with van der Waals surface area (Å²) in [6.45, 7) is 4.08. The van der Waals surface area contributed by atoms with Crippen LogP contribution < -0.4 is 0 Å². The average Bonchev–Trinajstić information content (AvgIpc) is 2.31. The van der Waals surface area contributed by atoms with E-state index in [4.69, 9.17) is 4.42 Å². The van der Waals surface area contributed by atoms with Crippen LogP contribution in [0.15, 0.2) is 45.3 Å². The van der Waals surface area contributed by atoms with Crippen molar-refractivity contribution in [3.8, 4) is 0 Å². The Balaban J connectivity index is 2.55. The molecule has 0 spiro atoms. The highest BCUT2D eigenvalue weighted by atomic mass is 79.9. The molecule has 3 aromatic rings. The lowest BCUT2D eigenvalue weighted by molar-refractivity contribution is 0.561. The lowest BCUT2D eigenvalue weighted by atomic mass is 10.0. The Kier molecular flexibility index (Phi) is 2.40. The second-order valence-corrected chi connectivity index (χ2v) is 5.15. The van der Waals surface area contributed by atoms with E-state index in [1.165, 1.54) is 21.7 Å². The SMILES string of the molecule is Cc1cc2c(ccc3c(Br)cccc32)[o+]c1C. The summed E-state index contributed by atoms with van der Waals surface area (Å²) in [7, 11) is 0. The number of halogens is 1. The second kappa shape index (κ2) is 3.81. The fourth-order valence-electron chi connectivity index (χ4n) is 2.12. The molecule has 2 heteroatoms. The van der Waals surface area contributed by atoms with E-state index in [-0.39, 0.29) is 0 Å². The summed E-state index contributed by atoms with van der Waals surface area (Å²) in [5, 5.41) is 3.62. The molecule has 0 bridgehead atoms. The molecule has 0 radical (unpaired) electrons. The third-order valence-corrected chi connectivity index (χ3v) is 3.88. The number of benzene rings is 2. The Morgan fingerprint density at radius 1 is 0.941 bits per heavy atom. The molecule has 0 saturated carbocycles. The van der Waals surface area contributed by atoms with Gasteiger partial charge >= 0.3 is 11.3 Å². The lowest BCUT2D eigenvalue weighted by Crippen LogP contribution is -1.84. The molecule has 0 saturated heterocycles. The first-order valence-electron chi connectivity index (χ1n) is 5.58. The van der Waals surface area contributed by atoms with Crippen LogP contribution in [0.2, 0.25) is 0 Å². The van der Waals surface area contributed by atoms with Crippen molar-refractivity contribution in [2.24, 2.45) is 0 Å². The van der Waals surface area contributed by atoms with Gasteiger partial charge in [-0.1, -0.05) is 28.1 Å². The summed E-state index contributed by atoms with van der Waals surface area (Å²) in [5.41, 5.74) is 2.13. The van der Waals surface area contributed by atoms with Crippen molar-refractivity contribution in [2.45, 2.75) is 13.8 Å². The highest BCUT2D eigenvalue weighted by Crippen LogP contribution is 2.31. The molecular formula is C15H12BrO+. The average molecular weight is 288 g/mol. The van der Waals surface area contributed by atoms with Crippen LogP contribution in [0.1, 0.15) is 11.3 Å². The monoisotopic (exact) mass is 287 g/mol. The van der Waals surface area contributed by atoms with Crippen molar-refractivity contribution < 1.29 is 4.42 Å². The van der Waals surface area contributed by atoms with E-state index in [1.807, 2.05) is 13.0 Å². The predicted octanol–water partition coefficient (Wildman–Crippen LogP) is 5.25. The maximum Gasteiger partial charge on any atom is 0.360 e. The van der Waals surface area contributed by atoms with Crippen LogP contribution >= 0.6 is 15.9 Å². The maximum absolute atomic E-state index is 5.83. The Labute approximate surface area is 108 Å². The van der Waals surface area contributed by atoms with Crippen molar-refractivity contribution in [3.63, 3.8) is 0 Å². The van der Waals surface area contributed by atoms with Gasteiger partial charge in [0.2, 0.25) is 0 Å². The van der Waals surface area contributed by atoms with E-state index >= 15 is 0 Å². The van der Waals surface area contributed by atoms with Crippen LogP contribution in [0.25, 0.3) is 21.7 Å². The Morgan fingerprint density at radius 2 is 1.76 bits per heavy atom. The Morgan fingerprint density at radius 3 is 2.59 bits per heavy atom. The number of fused-ring (bicyclic) bond motifs is 3. The third-order valence-electron chi connectivity index (χ3n) is 3.19. The molecule has 84 valence electrons. The van der Waals surface area contributed by atoms with Gasteiger partial charge in [-0.3, -0.25) is 0 Å². The summed E-state index contributed by atoms with van der Waals surface area (Å²) in [6.07, 6.45) is 0. The third kappa shape index (κ3) is 1.64. The highest BCUT2D eigenvalue weighted by Gasteiger charge is 2.14. The largest absolute Gasteiger partial charge is 0.360 e. The molecule has 17 heavy (non-hydrogen) atoms. The first-order chi connectivity index (χ1) is 8.16. The molecule has 0 amide bonds. The summed E-state index contributed by atoms with van der Waals surface area (Å²) < 4.78 is 6.95. The molecule has 1 nitrogen and oxygen atoms in total. The minimum atomic E-state index is 0.943. The van der Waals surface area contributed by atoms with E-state index in [9.17, 15) is 0 Å². The van der Waals surface area contributed by atoms with E-state index in [0.29, 0.717) is 0 Å². The van der Waals surface area contributed by atoms with Crippen LogP contribution in [0.4, 0.5) is 0 Å². The van der Waals surface area contributed by atoms with E-state index in [1.54, 1.807) is 0 Å². The van der Waals surface area contributed by atoms with Gasteiger partial charge in [0.05, 0.1) is 12.3 Å². The van der Waals surface area contributed by atoms with Gasteiger partial charge < -0.3 is 0 Å². The van der Waals surface area contributed by atoms with Gasteiger partial charge in [0.15, 0.2) is 0 Å². The maximum atomic E-state index is 5.83. The van der Waals surface area contributed by atoms with Gasteiger partial charge in [-0.25, -0.2) is 4.42 Å². The molecule has 0 aliphatic carbocycles. The standard InChI is InChI=1S/C15H12BrO/c1-9-8-13-11-4-3-5-14(16)12(11)6-7-15(13)17-10(9)2/h3-8H,1-2H3/q+1. The summed E-state index contributed by atoms with van der Waals surface area (Å²) >= 11 is 3.58. The highest BCUT2D eigenvalue weighted by molar-refractivity contribution is 9.10. The predicted molar refractivity (Wildman–Crippen MR) is 75.3 cm³/mol. The van der Waals surface area contributed by atoms with Crippen LogP contribution in [0, 0.1) is 13.8 Å². The van der Waals surface area contributed by atoms with Crippen molar-refractivity contribution in [1.82, 2.24) is 0 Å². The van der Waals surface area contributed by atoms with Gasteiger partial charge in [-0.2, -0.15) is 0 Å². The van der Waals surface area contributed by atoms with E-state index in [2.05, 4.69) is 53.2 Å². The molecule has 2 aromatic carbocycles. The molecule has 0 N–H and O–H groups in total. The van der Waals surface area contributed by atoms with Gasteiger partial charge in [-0.15, -0.1) is 0 Å². The van der Waals surface area contributed by atoms with E-state index < -0.39 is 0 Å². The first kappa shape index (κ1) is 10.7. The lowest BCUT2D eigenvalue weighted by Gasteiger charge is -2.01. The molecule has 0 atom stereocenters. The van der Waals surface area contributed by atoms with Gasteiger partial charge in [0, 0.05) is 16.1 Å². The van der Waals surface area contributed by atoms with E-state index in [0.717, 1.165) is 15.8 Å². The molecular weight excluding hydrogens is 276 g/mol. The second-order valence-electron chi connectivity index (χ2n) is 4.30. The topological polar surface area (TPSA) is 11.3 Å². The van der Waals surface area contributed by atoms with Gasteiger partial charge in [-0.05, 0) is 35.9 Å². The van der Waals surface area contributed by atoms with Crippen LogP contribution in [-0.2, 0) is 0 Å². The number of rotatable bonds is 0. The zero-order valence-electron chi connectivity index (χ0n) is 9.75. The van der Waals surface area contributed by atoms with Crippen LogP contribution in [-0.4, -0.2) is 0 Å². The molecule has 0 aliphatic rings. The fraction of sp³-hybridized carbons (Fsp3) is 0.133. The van der Waals surface area contributed by atoms with Crippen LogP contribution in [0.3, 0.4) is 0 Å². The normalized spacial score (nSPS) is 11.2. The van der Waals surface area contributed by atoms with Crippen molar-refractivity contribution >= 4 is 37.7 Å². The molecule has 0 aliphatic heterocycles. The van der Waals surface area contributed by atoms with Crippen LogP contribution in [0.5, 0.6) is 0 Å². The smallest absolute Gasteiger partial charge is 0.212 e. The quantitative estimate of drug-likeness (QED) is 0.406. The van der Waals surface area contributed by atoms with Gasteiger partial charge in [0.1, 0.15) is 0 Å². The van der Waals surface area contributed by atoms with Crippen molar-refractivity contribution in [2.75, 3.05) is 0 Å². The molecule has 1 heterocycles. The zero-order valence-corrected chi connectivity index (χ0v) is 11.3. The number of aryl methyl sites for hydroxylation is 2. The number of hydrogen-bond donors (Lipinski definition) is 0. The van der Waals surface area contributed by atoms with Crippen molar-refractivity contribution in [3.05, 3.63) is 52.2 Å². The minimum absolute atomic E-state index is 0.943. The van der Waals surface area contributed by atoms with Crippen molar-refractivity contribution in [1.29, 1.82) is 0 Å². The Bertz CT molecular complexity index is 732. The molecule has 3 rings (SSSR count). The zero-order chi connectivity index (χ0) is 12.0. The summed E-state index contributed by atoms with van der Waals surface area (Å²) in [6, 6.07) is 12.6. The van der Waals surface area contributed by atoms with Gasteiger partial charge in [0.25, 0.3) is 0 Å². The molecule has 0 unspecified atom stereocenters. The Hall–Kier alpha value is -1.41. The summed E-state index contributed by atoms with van der Waals surface area (Å²) in [4.78, 5) is 0.